The highest BCUT2D eigenvalue weighted by Gasteiger charge is 2.49. The molecule has 1 aliphatic rings. The van der Waals surface area contributed by atoms with Gasteiger partial charge in [-0.3, -0.25) is 9.59 Å². The van der Waals surface area contributed by atoms with E-state index < -0.39 is 33.9 Å². The van der Waals surface area contributed by atoms with Gasteiger partial charge in [-0.1, -0.05) is 28.9 Å². The van der Waals surface area contributed by atoms with Crippen LogP contribution in [-0.4, -0.2) is 36.6 Å². The Morgan fingerprint density at radius 1 is 1.06 bits per heavy atom. The molecular formula is C24H29BrN2O4S. The van der Waals surface area contributed by atoms with Gasteiger partial charge >= 0.3 is 0 Å². The maximum atomic E-state index is 14.0. The average Bonchev–Trinajstić information content (AvgIpc) is 3.00. The van der Waals surface area contributed by atoms with Gasteiger partial charge in [0.25, 0.3) is 5.91 Å². The summed E-state index contributed by atoms with van der Waals surface area (Å²) in [6.45, 7) is 11.0. The normalized spacial score (nSPS) is 18.0. The molecule has 2 unspecified atom stereocenters. The van der Waals surface area contributed by atoms with Crippen molar-refractivity contribution < 1.29 is 18.0 Å². The highest BCUT2D eigenvalue weighted by Crippen LogP contribution is 2.35. The number of hydrogen-bond acceptors (Lipinski definition) is 4. The number of hydrogen-bond donors (Lipinski definition) is 0. The summed E-state index contributed by atoms with van der Waals surface area (Å²) in [5, 5.41) is 0. The SMILES string of the molecule is CCC(C)N(C1CC(=O)N(c2ccc(Br)cc2)C1=O)S(=O)(=O)c1c(C)c(C)cc(C)c1C. The fourth-order valence-corrected chi connectivity index (χ4v) is 6.93. The van der Waals surface area contributed by atoms with Crippen molar-refractivity contribution in [1.29, 1.82) is 0 Å². The molecule has 0 spiro atoms. The first-order valence-electron chi connectivity index (χ1n) is 10.6. The van der Waals surface area contributed by atoms with E-state index >= 15 is 0 Å². The highest BCUT2D eigenvalue weighted by atomic mass is 79.9. The zero-order chi connectivity index (χ0) is 24.0. The van der Waals surface area contributed by atoms with Crippen LogP contribution in [0.5, 0.6) is 0 Å². The molecule has 2 aromatic rings. The Hall–Kier alpha value is -2.03. The number of benzene rings is 2. The van der Waals surface area contributed by atoms with E-state index in [1.807, 2.05) is 26.8 Å². The van der Waals surface area contributed by atoms with Crippen LogP contribution in [0.2, 0.25) is 0 Å². The third kappa shape index (κ3) is 4.16. The van der Waals surface area contributed by atoms with Crippen molar-refractivity contribution >= 4 is 43.5 Å². The zero-order valence-corrected chi connectivity index (χ0v) is 21.7. The van der Waals surface area contributed by atoms with Gasteiger partial charge in [0, 0.05) is 10.5 Å². The molecule has 0 aliphatic carbocycles. The second-order valence-electron chi connectivity index (χ2n) is 8.45. The Labute approximate surface area is 198 Å². The molecule has 32 heavy (non-hydrogen) atoms. The number of rotatable bonds is 6. The van der Waals surface area contributed by atoms with Crippen molar-refractivity contribution in [3.8, 4) is 0 Å². The topological polar surface area (TPSA) is 74.8 Å². The van der Waals surface area contributed by atoms with Crippen LogP contribution in [-0.2, 0) is 19.6 Å². The number of amides is 2. The summed E-state index contributed by atoms with van der Waals surface area (Å²) in [6.07, 6.45) is 0.333. The van der Waals surface area contributed by atoms with Crippen molar-refractivity contribution in [1.82, 2.24) is 4.31 Å². The van der Waals surface area contributed by atoms with E-state index in [2.05, 4.69) is 15.9 Å². The van der Waals surface area contributed by atoms with Crippen LogP contribution in [0.3, 0.4) is 0 Å². The Kier molecular flexibility index (Phi) is 6.98. The van der Waals surface area contributed by atoms with Gasteiger partial charge < -0.3 is 0 Å². The number of halogens is 1. The minimum absolute atomic E-state index is 0.179. The minimum Gasteiger partial charge on any atom is -0.274 e. The molecule has 1 heterocycles. The second kappa shape index (κ2) is 9.08. The molecule has 1 saturated heterocycles. The molecule has 0 aromatic heterocycles. The molecule has 6 nitrogen and oxygen atoms in total. The molecular weight excluding hydrogens is 492 g/mol. The molecule has 1 aliphatic heterocycles. The number of anilines is 1. The standard InChI is InChI=1S/C24H29BrN2O4S/c1-7-16(4)27(32(30,31)23-17(5)14(2)12-15(3)18(23)6)21-13-22(28)26(24(21)29)20-10-8-19(25)9-11-20/h8-12,16,21H,7,13H2,1-6H3. The molecule has 2 amide bonds. The second-order valence-corrected chi connectivity index (χ2v) is 11.1. The summed E-state index contributed by atoms with van der Waals surface area (Å²) in [5.74, 6) is -0.916. The number of nitrogens with zero attached hydrogens (tertiary/aromatic N) is 2. The first-order valence-corrected chi connectivity index (χ1v) is 12.9. The predicted molar refractivity (Wildman–Crippen MR) is 129 cm³/mol. The fraction of sp³-hybridized carbons (Fsp3) is 0.417. The van der Waals surface area contributed by atoms with Crippen LogP contribution in [0, 0.1) is 27.7 Å². The maximum Gasteiger partial charge on any atom is 0.252 e. The third-order valence-corrected chi connectivity index (χ3v) is 9.20. The van der Waals surface area contributed by atoms with Gasteiger partial charge in [-0.15, -0.1) is 0 Å². The summed E-state index contributed by atoms with van der Waals surface area (Å²) in [7, 11) is -4.04. The fourth-order valence-electron chi connectivity index (χ4n) is 4.24. The summed E-state index contributed by atoms with van der Waals surface area (Å²) < 4.78 is 30.2. The molecule has 8 heteroatoms. The highest BCUT2D eigenvalue weighted by molar-refractivity contribution is 9.10. The van der Waals surface area contributed by atoms with Crippen molar-refractivity contribution in [2.75, 3.05) is 4.90 Å². The Bertz CT molecular complexity index is 1150. The first kappa shape index (κ1) is 24.6. The van der Waals surface area contributed by atoms with Gasteiger partial charge in [0.15, 0.2) is 0 Å². The summed E-state index contributed by atoms with van der Waals surface area (Å²) in [5.41, 5.74) is 3.53. The van der Waals surface area contributed by atoms with E-state index in [0.29, 0.717) is 23.2 Å². The van der Waals surface area contributed by atoms with Crippen LogP contribution in [0.4, 0.5) is 5.69 Å². The monoisotopic (exact) mass is 520 g/mol. The summed E-state index contributed by atoms with van der Waals surface area (Å²) in [6, 6.07) is 7.27. The number of sulfonamides is 1. The largest absolute Gasteiger partial charge is 0.274 e. The smallest absolute Gasteiger partial charge is 0.252 e. The van der Waals surface area contributed by atoms with E-state index in [9.17, 15) is 18.0 Å². The van der Waals surface area contributed by atoms with Crippen LogP contribution in [0.15, 0.2) is 39.7 Å². The number of carbonyl (C=O) groups excluding carboxylic acids is 2. The van der Waals surface area contributed by atoms with Gasteiger partial charge in [-0.25, -0.2) is 13.3 Å². The Balaban J connectivity index is 2.13. The van der Waals surface area contributed by atoms with Crippen LogP contribution in [0.1, 0.15) is 48.9 Å². The van der Waals surface area contributed by atoms with Gasteiger partial charge in [-0.2, -0.15) is 4.31 Å². The molecule has 172 valence electrons. The maximum absolute atomic E-state index is 14.0. The van der Waals surface area contributed by atoms with E-state index in [1.165, 1.54) is 4.31 Å². The van der Waals surface area contributed by atoms with Crippen LogP contribution < -0.4 is 4.90 Å². The molecule has 1 fully saturated rings. The van der Waals surface area contributed by atoms with Crippen LogP contribution >= 0.6 is 15.9 Å². The molecule has 3 rings (SSSR count). The van der Waals surface area contributed by atoms with Gasteiger partial charge in [0.05, 0.1) is 17.0 Å². The molecule has 0 N–H and O–H groups in total. The minimum atomic E-state index is -4.04. The first-order chi connectivity index (χ1) is 14.9. The molecule has 2 aromatic carbocycles. The molecule has 2 atom stereocenters. The zero-order valence-electron chi connectivity index (χ0n) is 19.3. The van der Waals surface area contributed by atoms with Gasteiger partial charge in [0.1, 0.15) is 6.04 Å². The van der Waals surface area contributed by atoms with Crippen molar-refractivity contribution in [2.24, 2.45) is 0 Å². The number of aryl methyl sites for hydroxylation is 2. The third-order valence-electron chi connectivity index (χ3n) is 6.37. The molecule has 0 bridgehead atoms. The van der Waals surface area contributed by atoms with Crippen LogP contribution in [0.25, 0.3) is 0 Å². The van der Waals surface area contributed by atoms with Crippen molar-refractivity contribution in [3.63, 3.8) is 0 Å². The number of imide groups is 1. The average molecular weight is 521 g/mol. The lowest BCUT2D eigenvalue weighted by Crippen LogP contribution is -2.49. The predicted octanol–water partition coefficient (Wildman–Crippen LogP) is 4.80. The lowest BCUT2D eigenvalue weighted by Gasteiger charge is -2.33. The van der Waals surface area contributed by atoms with Gasteiger partial charge in [-0.05, 0) is 87.6 Å². The lowest BCUT2D eigenvalue weighted by atomic mass is 10.0. The lowest BCUT2D eigenvalue weighted by molar-refractivity contribution is -0.122. The van der Waals surface area contributed by atoms with Gasteiger partial charge in [0.2, 0.25) is 15.9 Å². The quantitative estimate of drug-likeness (QED) is 0.512. The summed E-state index contributed by atoms with van der Waals surface area (Å²) in [4.78, 5) is 27.6. The number of carbonyl (C=O) groups is 2. The molecule has 0 radical (unpaired) electrons. The van der Waals surface area contributed by atoms with E-state index in [1.54, 1.807) is 45.0 Å². The van der Waals surface area contributed by atoms with Crippen molar-refractivity contribution in [2.45, 2.75) is 71.4 Å². The van der Waals surface area contributed by atoms with Crippen molar-refractivity contribution in [3.05, 3.63) is 57.1 Å². The van der Waals surface area contributed by atoms with E-state index in [0.717, 1.165) is 20.5 Å². The Morgan fingerprint density at radius 3 is 2.09 bits per heavy atom. The van der Waals surface area contributed by atoms with E-state index in [4.69, 9.17) is 0 Å². The van der Waals surface area contributed by atoms with E-state index in [-0.39, 0.29) is 11.3 Å². The Morgan fingerprint density at radius 2 is 1.59 bits per heavy atom. The summed E-state index contributed by atoms with van der Waals surface area (Å²) >= 11 is 3.35. The molecule has 0 saturated carbocycles.